The Labute approximate surface area is 269 Å². The van der Waals surface area contributed by atoms with E-state index >= 15 is 0 Å². The van der Waals surface area contributed by atoms with E-state index in [0.717, 1.165) is 28.4 Å². The Morgan fingerprint density at radius 3 is 2.26 bits per heavy atom. The number of pyridine rings is 1. The van der Waals surface area contributed by atoms with Crippen molar-refractivity contribution in [1.29, 1.82) is 0 Å². The number of hydrogen-bond donors (Lipinski definition) is 1. The number of hydrogen-bond acceptors (Lipinski definition) is 5. The van der Waals surface area contributed by atoms with Crippen LogP contribution in [0, 0.1) is 0 Å². The summed E-state index contributed by atoms with van der Waals surface area (Å²) in [6.07, 6.45) is 6.67. The van der Waals surface area contributed by atoms with Gasteiger partial charge < -0.3 is 13.4 Å². The van der Waals surface area contributed by atoms with Gasteiger partial charge in [-0.15, -0.1) is 0 Å². The number of imide groups is 1. The number of nitrogens with one attached hydrogen (secondary N) is 1. The summed E-state index contributed by atoms with van der Waals surface area (Å²) in [7, 11) is -2.65. The van der Waals surface area contributed by atoms with Crippen LogP contribution in [0.3, 0.4) is 0 Å². The lowest BCUT2D eigenvalue weighted by atomic mass is 10.1. The molecule has 0 saturated carbocycles. The minimum atomic E-state index is -2.65. The monoisotopic (exact) mass is 627 g/mol. The largest absolute Gasteiger partial charge is 0.456 e. The summed E-state index contributed by atoms with van der Waals surface area (Å²) in [6, 6.07) is 34.5. The number of nitrogens with zero attached hydrogens (tertiary/aromatic N) is 2. The van der Waals surface area contributed by atoms with Gasteiger partial charge >= 0.3 is 0 Å². The van der Waals surface area contributed by atoms with Crippen molar-refractivity contribution >= 4 is 64.7 Å². The zero-order valence-corrected chi connectivity index (χ0v) is 27.3. The zero-order valence-electron chi connectivity index (χ0n) is 26.3. The average molecular weight is 628 g/mol. The maximum Gasteiger partial charge on any atom is 0.261 e. The van der Waals surface area contributed by atoms with E-state index in [2.05, 4.69) is 96.3 Å². The molecule has 7 nitrogen and oxygen atoms in total. The van der Waals surface area contributed by atoms with Gasteiger partial charge in [-0.3, -0.25) is 14.9 Å². The second-order valence-corrected chi connectivity index (χ2v) is 16.6. The van der Waals surface area contributed by atoms with Gasteiger partial charge in [0.2, 0.25) is 6.41 Å². The van der Waals surface area contributed by atoms with Crippen LogP contribution in [0.15, 0.2) is 120 Å². The maximum absolute atomic E-state index is 13.1. The van der Waals surface area contributed by atoms with Crippen molar-refractivity contribution < 1.29 is 18.4 Å². The van der Waals surface area contributed by atoms with Crippen LogP contribution in [-0.2, 0) is 20.6 Å². The first-order valence-corrected chi connectivity index (χ1v) is 17.4. The molecule has 0 spiro atoms. The van der Waals surface area contributed by atoms with Crippen molar-refractivity contribution in [2.24, 2.45) is 0 Å². The third kappa shape index (κ3) is 5.97. The van der Waals surface area contributed by atoms with Crippen molar-refractivity contribution in [3.05, 3.63) is 127 Å². The number of aromatic nitrogens is 2. The van der Waals surface area contributed by atoms with Crippen LogP contribution in [0.4, 0.5) is 0 Å². The quantitative estimate of drug-likeness (QED) is 0.0761. The normalized spacial score (nSPS) is 12.5. The molecule has 0 saturated heterocycles. The van der Waals surface area contributed by atoms with Crippen molar-refractivity contribution in [1.82, 2.24) is 14.9 Å². The first-order valence-electron chi connectivity index (χ1n) is 15.5. The highest BCUT2D eigenvalue weighted by molar-refractivity contribution is 6.99. The van der Waals surface area contributed by atoms with Crippen LogP contribution in [0.25, 0.3) is 33.7 Å². The smallest absolute Gasteiger partial charge is 0.261 e. The van der Waals surface area contributed by atoms with Crippen LogP contribution in [0.5, 0.6) is 0 Å². The summed E-state index contributed by atoms with van der Waals surface area (Å²) >= 11 is 0. The first kappa shape index (κ1) is 31.0. The number of para-hydroxylation sites is 1. The molecule has 3 heterocycles. The lowest BCUT2D eigenvalue weighted by Gasteiger charge is -2.43. The van der Waals surface area contributed by atoms with E-state index in [1.165, 1.54) is 10.4 Å². The third-order valence-corrected chi connectivity index (χ3v) is 13.4. The fraction of sp³-hybridized carbons (Fsp3) is 0.184. The van der Waals surface area contributed by atoms with Gasteiger partial charge in [0, 0.05) is 41.9 Å². The van der Waals surface area contributed by atoms with Crippen LogP contribution in [-0.4, -0.2) is 36.8 Å². The van der Waals surface area contributed by atoms with E-state index in [1.54, 1.807) is 12.3 Å². The SMILES string of the molecule is CC(C)(C)[Si](OCCCn1cc(/C=C(/C(=O)NC=O)c2cc3ccccc3o2)c2cccnc21)(c1ccccc1)c1ccccc1. The van der Waals surface area contributed by atoms with Crippen molar-refractivity contribution in [3.8, 4) is 0 Å². The van der Waals surface area contributed by atoms with Crippen LogP contribution in [0.1, 0.15) is 38.5 Å². The molecule has 0 aliphatic rings. The number of furan rings is 1. The molecule has 232 valence electrons. The van der Waals surface area contributed by atoms with E-state index in [0.29, 0.717) is 30.9 Å². The Morgan fingerprint density at radius 2 is 1.61 bits per heavy atom. The molecule has 6 rings (SSSR count). The first-order chi connectivity index (χ1) is 22.3. The standard InChI is InChI=1S/C38H37N3O4Si/c1-38(2,3)46(30-15-6-4-7-16-30,31-17-8-5-9-18-31)44-23-13-22-41-26-29(32-19-12-21-39-36(32)41)24-33(37(43)40-27-42)35-25-28-14-10-11-20-34(28)45-35/h4-12,14-21,24-27H,13,22-23H2,1-3H3,(H,40,42,43)/b33-24+. The maximum atomic E-state index is 13.1. The number of aryl methyl sites for hydroxylation is 1. The van der Waals surface area contributed by atoms with Crippen LogP contribution >= 0.6 is 0 Å². The van der Waals surface area contributed by atoms with E-state index in [4.69, 9.17) is 8.84 Å². The molecule has 0 bridgehead atoms. The van der Waals surface area contributed by atoms with E-state index < -0.39 is 14.2 Å². The lowest BCUT2D eigenvalue weighted by Crippen LogP contribution is -2.66. The molecule has 0 unspecified atom stereocenters. The Morgan fingerprint density at radius 1 is 0.935 bits per heavy atom. The molecule has 3 aromatic heterocycles. The Kier molecular flexibility index (Phi) is 8.83. The van der Waals surface area contributed by atoms with Gasteiger partial charge in [-0.05, 0) is 52.2 Å². The van der Waals surface area contributed by atoms with Gasteiger partial charge in [0.15, 0.2) is 0 Å². The summed E-state index contributed by atoms with van der Waals surface area (Å²) in [5, 5.41) is 6.43. The molecule has 2 amide bonds. The molecule has 6 aromatic rings. The molecule has 0 fully saturated rings. The second kappa shape index (κ2) is 13.1. The van der Waals surface area contributed by atoms with Gasteiger partial charge in [0.05, 0.1) is 5.57 Å². The predicted molar refractivity (Wildman–Crippen MR) is 186 cm³/mol. The molecular weight excluding hydrogens is 591 g/mol. The summed E-state index contributed by atoms with van der Waals surface area (Å²) < 4.78 is 15.2. The highest BCUT2D eigenvalue weighted by Gasteiger charge is 2.49. The number of carbonyl (C=O) groups excluding carboxylic acids is 2. The summed E-state index contributed by atoms with van der Waals surface area (Å²) in [5.41, 5.74) is 2.51. The topological polar surface area (TPSA) is 86.4 Å². The van der Waals surface area contributed by atoms with Gasteiger partial charge in [-0.1, -0.05) is 99.6 Å². The number of carbonyl (C=O) groups is 2. The van der Waals surface area contributed by atoms with Crippen molar-refractivity contribution in [2.75, 3.05) is 6.61 Å². The lowest BCUT2D eigenvalue weighted by molar-refractivity contribution is -0.121. The highest BCUT2D eigenvalue weighted by Crippen LogP contribution is 2.37. The Hall–Kier alpha value is -5.05. The zero-order chi connectivity index (χ0) is 32.1. The molecule has 0 aliphatic carbocycles. The van der Waals surface area contributed by atoms with E-state index in [-0.39, 0.29) is 10.6 Å². The second-order valence-electron chi connectivity index (χ2n) is 12.3. The fourth-order valence-corrected chi connectivity index (χ4v) is 10.9. The molecule has 0 radical (unpaired) electrons. The van der Waals surface area contributed by atoms with Gasteiger partial charge in [-0.25, -0.2) is 4.98 Å². The third-order valence-electron chi connectivity index (χ3n) is 8.37. The fourth-order valence-electron chi connectivity index (χ4n) is 6.31. The summed E-state index contributed by atoms with van der Waals surface area (Å²) in [6.45, 7) is 8.07. The molecule has 3 aromatic carbocycles. The van der Waals surface area contributed by atoms with E-state index in [1.807, 2.05) is 48.7 Å². The molecule has 0 aliphatic heterocycles. The summed E-state index contributed by atoms with van der Waals surface area (Å²) in [4.78, 5) is 29.0. The molecule has 1 N–H and O–H groups in total. The minimum Gasteiger partial charge on any atom is -0.456 e. The predicted octanol–water partition coefficient (Wildman–Crippen LogP) is 6.56. The Balaban J connectivity index is 1.31. The average Bonchev–Trinajstić information content (AvgIpc) is 3.65. The molecule has 46 heavy (non-hydrogen) atoms. The highest BCUT2D eigenvalue weighted by atomic mass is 28.4. The number of amides is 2. The van der Waals surface area contributed by atoms with Crippen LogP contribution in [0.2, 0.25) is 5.04 Å². The molecule has 0 atom stereocenters. The van der Waals surface area contributed by atoms with Gasteiger partial charge in [0.1, 0.15) is 17.0 Å². The number of fused-ring (bicyclic) bond motifs is 2. The van der Waals surface area contributed by atoms with Gasteiger partial charge in [0.25, 0.3) is 14.2 Å². The molecule has 8 heteroatoms. The number of rotatable bonds is 11. The van der Waals surface area contributed by atoms with Crippen molar-refractivity contribution in [3.63, 3.8) is 0 Å². The molecular formula is C38H37N3O4Si. The Bertz CT molecular complexity index is 1930. The number of benzene rings is 3. The van der Waals surface area contributed by atoms with E-state index in [9.17, 15) is 9.59 Å². The minimum absolute atomic E-state index is 0.107. The van der Waals surface area contributed by atoms with Gasteiger partial charge in [-0.2, -0.15) is 0 Å². The van der Waals surface area contributed by atoms with Crippen molar-refractivity contribution in [2.45, 2.75) is 38.8 Å². The van der Waals surface area contributed by atoms with Crippen LogP contribution < -0.4 is 15.7 Å². The summed E-state index contributed by atoms with van der Waals surface area (Å²) in [5.74, 6) is -0.165.